The van der Waals surface area contributed by atoms with E-state index >= 15 is 0 Å². The molecule has 144 valence electrons. The number of hydrogen-bond acceptors (Lipinski definition) is 4. The second-order valence-electron chi connectivity index (χ2n) is 7.84. The molecular formula is C20H26N4O3. The number of nitrogens with one attached hydrogen (secondary N) is 1. The summed E-state index contributed by atoms with van der Waals surface area (Å²) in [7, 11) is 2.96. The number of ether oxygens (including phenoxy) is 1. The second-order valence-corrected chi connectivity index (χ2v) is 7.84. The van der Waals surface area contributed by atoms with Crippen LogP contribution in [0.3, 0.4) is 0 Å². The van der Waals surface area contributed by atoms with Crippen molar-refractivity contribution in [3.63, 3.8) is 0 Å². The molecule has 1 N–H and O–H groups in total. The summed E-state index contributed by atoms with van der Waals surface area (Å²) >= 11 is 0. The van der Waals surface area contributed by atoms with Gasteiger partial charge >= 0.3 is 6.09 Å². The van der Waals surface area contributed by atoms with Crippen LogP contribution in [0.25, 0.3) is 0 Å². The van der Waals surface area contributed by atoms with E-state index in [9.17, 15) is 9.59 Å². The lowest BCUT2D eigenvalue weighted by Crippen LogP contribution is -2.29. The van der Waals surface area contributed by atoms with Gasteiger partial charge in [-0.25, -0.2) is 4.79 Å². The summed E-state index contributed by atoms with van der Waals surface area (Å²) in [6.07, 6.45) is 1.82. The highest BCUT2D eigenvalue weighted by Crippen LogP contribution is 2.40. The van der Waals surface area contributed by atoms with Gasteiger partial charge in [-0.3, -0.25) is 14.4 Å². The van der Waals surface area contributed by atoms with Crippen molar-refractivity contribution in [3.8, 4) is 0 Å². The summed E-state index contributed by atoms with van der Waals surface area (Å²) in [5.41, 5.74) is 2.59. The molecule has 0 atom stereocenters. The number of aromatic nitrogens is 2. The number of rotatable bonds is 4. The van der Waals surface area contributed by atoms with Gasteiger partial charge in [0.1, 0.15) is 5.69 Å². The van der Waals surface area contributed by atoms with Crippen LogP contribution in [0.5, 0.6) is 0 Å². The molecule has 1 fully saturated rings. The van der Waals surface area contributed by atoms with Gasteiger partial charge < -0.3 is 10.1 Å². The molecule has 0 spiro atoms. The first-order valence-electron chi connectivity index (χ1n) is 9.04. The summed E-state index contributed by atoms with van der Waals surface area (Å²) in [6.45, 7) is 6.10. The van der Waals surface area contributed by atoms with Gasteiger partial charge in [-0.05, 0) is 63.9 Å². The third kappa shape index (κ3) is 4.13. The molecular weight excluding hydrogens is 344 g/mol. The third-order valence-electron chi connectivity index (χ3n) is 4.55. The molecule has 3 rings (SSSR count). The predicted molar refractivity (Wildman–Crippen MR) is 104 cm³/mol. The van der Waals surface area contributed by atoms with Crippen molar-refractivity contribution >= 4 is 23.4 Å². The molecule has 0 saturated heterocycles. The zero-order valence-corrected chi connectivity index (χ0v) is 16.4. The van der Waals surface area contributed by atoms with Crippen molar-refractivity contribution in [2.24, 2.45) is 0 Å². The highest BCUT2D eigenvalue weighted by Gasteiger charge is 2.31. The molecule has 0 bridgehead atoms. The molecule has 1 aromatic heterocycles. The Morgan fingerprint density at radius 3 is 2.37 bits per heavy atom. The number of amides is 2. The Kier molecular flexibility index (Phi) is 4.95. The number of hydrogen-bond donors (Lipinski definition) is 1. The SMILES string of the molecule is COC(=O)N(C)c1ccc(NC(=O)c2cc(C3CC3)nn2C(C)(C)C)cc1. The Bertz CT molecular complexity index is 845. The second kappa shape index (κ2) is 7.06. The van der Waals surface area contributed by atoms with Crippen LogP contribution >= 0.6 is 0 Å². The summed E-state index contributed by atoms with van der Waals surface area (Å²) in [6, 6.07) is 8.92. The fraction of sp³-hybridized carbons (Fsp3) is 0.450. The van der Waals surface area contributed by atoms with E-state index < -0.39 is 6.09 Å². The lowest BCUT2D eigenvalue weighted by Gasteiger charge is -2.22. The van der Waals surface area contributed by atoms with Gasteiger partial charge in [0.15, 0.2) is 0 Å². The Morgan fingerprint density at radius 2 is 1.85 bits per heavy atom. The van der Waals surface area contributed by atoms with Gasteiger partial charge in [0.2, 0.25) is 0 Å². The van der Waals surface area contributed by atoms with Crippen molar-refractivity contribution in [1.82, 2.24) is 9.78 Å². The Hall–Kier alpha value is -2.83. The minimum atomic E-state index is -0.450. The van der Waals surface area contributed by atoms with E-state index in [0.29, 0.717) is 23.0 Å². The Balaban J connectivity index is 1.78. The number of benzene rings is 1. The molecule has 1 aromatic carbocycles. The van der Waals surface area contributed by atoms with Crippen LogP contribution in [0.2, 0.25) is 0 Å². The number of carbonyl (C=O) groups excluding carboxylic acids is 2. The molecule has 7 nitrogen and oxygen atoms in total. The molecule has 2 aromatic rings. The standard InChI is InChI=1S/C20H26N4O3/c1-20(2,3)24-17(12-16(22-24)13-6-7-13)18(25)21-14-8-10-15(11-9-14)23(4)19(26)27-5/h8-13H,6-7H2,1-5H3,(H,21,25). The molecule has 0 radical (unpaired) electrons. The van der Waals surface area contributed by atoms with Crippen LogP contribution < -0.4 is 10.2 Å². The fourth-order valence-corrected chi connectivity index (χ4v) is 2.86. The van der Waals surface area contributed by atoms with Gasteiger partial charge in [0.05, 0.1) is 18.3 Å². The molecule has 1 aliphatic carbocycles. The lowest BCUT2D eigenvalue weighted by molar-refractivity contribution is 0.100. The van der Waals surface area contributed by atoms with E-state index in [0.717, 1.165) is 18.5 Å². The summed E-state index contributed by atoms with van der Waals surface area (Å²) in [4.78, 5) is 25.8. The topological polar surface area (TPSA) is 76.5 Å². The molecule has 1 heterocycles. The average Bonchev–Trinajstić information content (AvgIpc) is 3.37. The minimum Gasteiger partial charge on any atom is -0.452 e. The van der Waals surface area contributed by atoms with Crippen molar-refractivity contribution < 1.29 is 14.3 Å². The highest BCUT2D eigenvalue weighted by atomic mass is 16.5. The molecule has 2 amide bonds. The van der Waals surface area contributed by atoms with Crippen LogP contribution in [-0.4, -0.2) is 35.9 Å². The third-order valence-corrected chi connectivity index (χ3v) is 4.55. The number of nitrogens with zero attached hydrogens (tertiary/aromatic N) is 3. The largest absolute Gasteiger partial charge is 0.452 e. The van der Waals surface area contributed by atoms with Crippen molar-refractivity contribution in [1.29, 1.82) is 0 Å². The van der Waals surface area contributed by atoms with Crippen LogP contribution in [0.15, 0.2) is 30.3 Å². The van der Waals surface area contributed by atoms with Crippen LogP contribution in [0.4, 0.5) is 16.2 Å². The van der Waals surface area contributed by atoms with Gasteiger partial charge in [-0.15, -0.1) is 0 Å². The van der Waals surface area contributed by atoms with E-state index in [2.05, 4.69) is 10.4 Å². The summed E-state index contributed by atoms with van der Waals surface area (Å²) in [5.74, 6) is 0.284. The summed E-state index contributed by atoms with van der Waals surface area (Å²) < 4.78 is 6.50. The zero-order valence-electron chi connectivity index (χ0n) is 16.4. The average molecular weight is 370 g/mol. The van der Waals surface area contributed by atoms with Crippen LogP contribution in [0, 0.1) is 0 Å². The first kappa shape index (κ1) is 18.9. The molecule has 7 heteroatoms. The number of anilines is 2. The van der Waals surface area contributed by atoms with E-state index in [-0.39, 0.29) is 11.4 Å². The smallest absolute Gasteiger partial charge is 0.413 e. The van der Waals surface area contributed by atoms with E-state index in [1.807, 2.05) is 26.8 Å². The zero-order chi connectivity index (χ0) is 19.8. The highest BCUT2D eigenvalue weighted by molar-refractivity contribution is 6.03. The molecule has 0 aliphatic heterocycles. The minimum absolute atomic E-state index is 0.196. The van der Waals surface area contributed by atoms with E-state index in [4.69, 9.17) is 4.74 Å². The molecule has 27 heavy (non-hydrogen) atoms. The normalized spacial score (nSPS) is 14.0. The summed E-state index contributed by atoms with van der Waals surface area (Å²) in [5, 5.41) is 7.59. The van der Waals surface area contributed by atoms with Gasteiger partial charge in [0, 0.05) is 24.3 Å². The molecule has 1 aliphatic rings. The van der Waals surface area contributed by atoms with Gasteiger partial charge in [0.25, 0.3) is 5.91 Å². The van der Waals surface area contributed by atoms with E-state index in [1.54, 1.807) is 36.0 Å². The lowest BCUT2D eigenvalue weighted by atomic mass is 10.1. The fourth-order valence-electron chi connectivity index (χ4n) is 2.86. The maximum atomic E-state index is 12.9. The van der Waals surface area contributed by atoms with Gasteiger partial charge in [-0.1, -0.05) is 0 Å². The molecule has 0 unspecified atom stereocenters. The maximum absolute atomic E-state index is 12.9. The maximum Gasteiger partial charge on any atom is 0.413 e. The first-order chi connectivity index (χ1) is 12.7. The van der Waals surface area contributed by atoms with Crippen LogP contribution in [0.1, 0.15) is 55.7 Å². The monoisotopic (exact) mass is 370 g/mol. The Morgan fingerprint density at radius 1 is 1.22 bits per heavy atom. The van der Waals surface area contributed by atoms with Crippen molar-refractivity contribution in [2.45, 2.75) is 45.1 Å². The number of carbonyl (C=O) groups is 2. The quantitative estimate of drug-likeness (QED) is 0.883. The predicted octanol–water partition coefficient (Wildman–Crippen LogP) is 3.97. The van der Waals surface area contributed by atoms with Crippen LogP contribution in [-0.2, 0) is 10.3 Å². The first-order valence-corrected chi connectivity index (χ1v) is 9.04. The van der Waals surface area contributed by atoms with Crippen molar-refractivity contribution in [3.05, 3.63) is 41.7 Å². The van der Waals surface area contributed by atoms with E-state index in [1.165, 1.54) is 12.0 Å². The number of methoxy groups -OCH3 is 1. The van der Waals surface area contributed by atoms with Crippen molar-refractivity contribution in [2.75, 3.05) is 24.4 Å². The molecule has 1 saturated carbocycles. The Labute approximate surface area is 159 Å². The van der Waals surface area contributed by atoms with Gasteiger partial charge in [-0.2, -0.15) is 5.10 Å².